The second kappa shape index (κ2) is 6.50. The first-order chi connectivity index (χ1) is 12.8. The molecule has 1 aliphatic carbocycles. The van der Waals surface area contributed by atoms with Crippen LogP contribution in [0.3, 0.4) is 0 Å². The van der Waals surface area contributed by atoms with Crippen LogP contribution in [0.25, 0.3) is 11.3 Å². The Bertz CT molecular complexity index is 785. The lowest BCUT2D eigenvalue weighted by Crippen LogP contribution is -2.58. The van der Waals surface area contributed by atoms with Gasteiger partial charge in [-0.15, -0.1) is 5.10 Å². The molecule has 2 bridgehead atoms. The molecule has 1 saturated carbocycles. The van der Waals surface area contributed by atoms with Gasteiger partial charge in [0, 0.05) is 24.2 Å². The fourth-order valence-corrected chi connectivity index (χ4v) is 4.51. The minimum atomic E-state index is 0.177. The second-order valence-corrected chi connectivity index (χ2v) is 8.01. The molecule has 0 radical (unpaired) electrons. The molecule has 1 aromatic carbocycles. The highest BCUT2D eigenvalue weighted by atomic mass is 16.2. The van der Waals surface area contributed by atoms with Gasteiger partial charge in [0.2, 0.25) is 5.91 Å². The van der Waals surface area contributed by atoms with Gasteiger partial charge in [-0.3, -0.25) is 14.4 Å². The SMILES string of the molecule is O=C(NC1CC1)[C@H]1CN2CC[C@H]1C[C@@H]2Cn1cc(-c2ccccc2)nn1. The molecule has 4 heterocycles. The summed E-state index contributed by atoms with van der Waals surface area (Å²) in [5.41, 5.74) is 2.02. The van der Waals surface area contributed by atoms with Crippen LogP contribution >= 0.6 is 0 Å². The zero-order chi connectivity index (χ0) is 17.5. The van der Waals surface area contributed by atoms with Crippen LogP contribution in [0.5, 0.6) is 0 Å². The zero-order valence-corrected chi connectivity index (χ0v) is 14.9. The van der Waals surface area contributed by atoms with E-state index in [9.17, 15) is 4.79 Å². The zero-order valence-electron chi connectivity index (χ0n) is 14.9. The molecule has 4 aliphatic rings. The number of hydrogen-bond acceptors (Lipinski definition) is 4. The van der Waals surface area contributed by atoms with E-state index in [4.69, 9.17) is 0 Å². The van der Waals surface area contributed by atoms with Gasteiger partial charge in [-0.1, -0.05) is 35.5 Å². The van der Waals surface area contributed by atoms with E-state index < -0.39 is 0 Å². The first-order valence-electron chi connectivity index (χ1n) is 9.76. The standard InChI is InChI=1S/C20H25N5O/c26-20(21-16-6-7-16)18-12-24-9-8-15(18)10-17(24)11-25-13-19(22-23-25)14-4-2-1-3-5-14/h1-5,13,15-18H,6-12H2,(H,21,26)/t15-,17+,18-/m0/s1. The maximum absolute atomic E-state index is 12.5. The fraction of sp³-hybridized carbons (Fsp3) is 0.550. The molecule has 1 aromatic heterocycles. The molecule has 136 valence electrons. The van der Waals surface area contributed by atoms with Crippen molar-refractivity contribution < 1.29 is 4.79 Å². The van der Waals surface area contributed by atoms with Gasteiger partial charge in [-0.25, -0.2) is 0 Å². The summed E-state index contributed by atoms with van der Waals surface area (Å²) in [4.78, 5) is 15.0. The molecule has 1 N–H and O–H groups in total. The van der Waals surface area contributed by atoms with Crippen LogP contribution in [0.4, 0.5) is 0 Å². The van der Waals surface area contributed by atoms with E-state index in [-0.39, 0.29) is 11.8 Å². The number of benzene rings is 1. The molecule has 4 fully saturated rings. The topological polar surface area (TPSA) is 63.1 Å². The largest absolute Gasteiger partial charge is 0.353 e. The third-order valence-electron chi connectivity index (χ3n) is 6.15. The number of aromatic nitrogens is 3. The third-order valence-corrected chi connectivity index (χ3v) is 6.15. The Kier molecular flexibility index (Phi) is 4.00. The highest BCUT2D eigenvalue weighted by Crippen LogP contribution is 2.37. The molecule has 3 saturated heterocycles. The summed E-state index contributed by atoms with van der Waals surface area (Å²) >= 11 is 0. The average Bonchev–Trinajstić information content (AvgIpc) is 3.38. The van der Waals surface area contributed by atoms with Crippen LogP contribution < -0.4 is 5.32 Å². The van der Waals surface area contributed by atoms with Gasteiger partial charge in [-0.2, -0.15) is 0 Å². The molecule has 26 heavy (non-hydrogen) atoms. The molecular weight excluding hydrogens is 326 g/mol. The van der Waals surface area contributed by atoms with E-state index in [1.807, 2.05) is 29.1 Å². The highest BCUT2D eigenvalue weighted by Gasteiger charge is 2.44. The summed E-state index contributed by atoms with van der Waals surface area (Å²) in [5, 5.41) is 11.9. The van der Waals surface area contributed by atoms with E-state index in [1.54, 1.807) is 0 Å². The Balaban J connectivity index is 1.24. The lowest BCUT2D eigenvalue weighted by Gasteiger charge is -2.49. The molecule has 1 amide bonds. The van der Waals surface area contributed by atoms with Crippen molar-refractivity contribution in [3.63, 3.8) is 0 Å². The molecule has 4 atom stereocenters. The molecule has 2 aromatic rings. The molecular formula is C20H25N5O. The fourth-order valence-electron chi connectivity index (χ4n) is 4.51. The van der Waals surface area contributed by atoms with Crippen molar-refractivity contribution in [3.05, 3.63) is 36.5 Å². The first-order valence-corrected chi connectivity index (χ1v) is 9.76. The number of fused-ring (bicyclic) bond motifs is 3. The van der Waals surface area contributed by atoms with Gasteiger partial charge in [0.1, 0.15) is 5.69 Å². The molecule has 3 aliphatic heterocycles. The van der Waals surface area contributed by atoms with Crippen LogP contribution in [0.2, 0.25) is 0 Å². The molecule has 6 nitrogen and oxygen atoms in total. The van der Waals surface area contributed by atoms with Crippen molar-refractivity contribution in [1.29, 1.82) is 0 Å². The third kappa shape index (κ3) is 3.14. The monoisotopic (exact) mass is 351 g/mol. The van der Waals surface area contributed by atoms with Crippen LogP contribution in [0.15, 0.2) is 36.5 Å². The molecule has 6 rings (SSSR count). The number of rotatable bonds is 5. The molecule has 0 spiro atoms. The Labute approximate surface area is 153 Å². The summed E-state index contributed by atoms with van der Waals surface area (Å²) < 4.78 is 1.97. The van der Waals surface area contributed by atoms with E-state index >= 15 is 0 Å². The van der Waals surface area contributed by atoms with Crippen LogP contribution in [-0.2, 0) is 11.3 Å². The first kappa shape index (κ1) is 16.0. The lowest BCUT2D eigenvalue weighted by atomic mass is 9.75. The van der Waals surface area contributed by atoms with Gasteiger partial charge in [0.25, 0.3) is 0 Å². The van der Waals surface area contributed by atoms with E-state index in [0.717, 1.165) is 56.6 Å². The Morgan fingerprint density at radius 1 is 1.19 bits per heavy atom. The maximum Gasteiger partial charge on any atom is 0.224 e. The number of hydrogen-bond donors (Lipinski definition) is 1. The summed E-state index contributed by atoms with van der Waals surface area (Å²) in [5.74, 6) is 0.977. The predicted octanol–water partition coefficient (Wildman–Crippen LogP) is 1.93. The minimum absolute atomic E-state index is 0.177. The van der Waals surface area contributed by atoms with Crippen LogP contribution in [0, 0.1) is 11.8 Å². The summed E-state index contributed by atoms with van der Waals surface area (Å²) in [6.07, 6.45) is 6.59. The van der Waals surface area contributed by atoms with Gasteiger partial charge < -0.3 is 5.32 Å². The van der Waals surface area contributed by atoms with Crippen molar-refractivity contribution in [2.24, 2.45) is 11.8 Å². The number of nitrogens with zero attached hydrogens (tertiary/aromatic N) is 4. The van der Waals surface area contributed by atoms with Gasteiger partial charge in [0.15, 0.2) is 0 Å². The molecule has 6 heteroatoms. The lowest BCUT2D eigenvalue weighted by molar-refractivity contribution is -0.133. The summed E-state index contributed by atoms with van der Waals surface area (Å²) in [7, 11) is 0. The highest BCUT2D eigenvalue weighted by molar-refractivity contribution is 5.80. The predicted molar refractivity (Wildman–Crippen MR) is 98.2 cm³/mol. The number of amides is 1. The van der Waals surface area contributed by atoms with E-state index in [1.165, 1.54) is 0 Å². The maximum atomic E-state index is 12.5. The quantitative estimate of drug-likeness (QED) is 0.894. The van der Waals surface area contributed by atoms with Crippen molar-refractivity contribution in [1.82, 2.24) is 25.2 Å². The van der Waals surface area contributed by atoms with Crippen LogP contribution in [0.1, 0.15) is 25.7 Å². The van der Waals surface area contributed by atoms with Crippen molar-refractivity contribution in [2.45, 2.75) is 44.3 Å². The number of piperidine rings is 3. The van der Waals surface area contributed by atoms with E-state index in [0.29, 0.717) is 18.0 Å². The molecule has 1 unspecified atom stereocenters. The minimum Gasteiger partial charge on any atom is -0.353 e. The summed E-state index contributed by atoms with van der Waals surface area (Å²) in [6, 6.07) is 11.1. The number of nitrogens with one attached hydrogen (secondary N) is 1. The van der Waals surface area contributed by atoms with E-state index in [2.05, 4.69) is 32.7 Å². The average molecular weight is 351 g/mol. The normalized spacial score (nSPS) is 30.3. The Morgan fingerprint density at radius 2 is 2.04 bits per heavy atom. The van der Waals surface area contributed by atoms with Gasteiger partial charge in [-0.05, 0) is 38.1 Å². The Hall–Kier alpha value is -2.21. The second-order valence-electron chi connectivity index (χ2n) is 8.01. The van der Waals surface area contributed by atoms with Gasteiger partial charge >= 0.3 is 0 Å². The van der Waals surface area contributed by atoms with Crippen molar-refractivity contribution in [2.75, 3.05) is 13.1 Å². The van der Waals surface area contributed by atoms with Crippen molar-refractivity contribution in [3.8, 4) is 11.3 Å². The van der Waals surface area contributed by atoms with Crippen LogP contribution in [-0.4, -0.2) is 51.0 Å². The smallest absolute Gasteiger partial charge is 0.224 e. The van der Waals surface area contributed by atoms with Gasteiger partial charge in [0.05, 0.1) is 18.7 Å². The number of carbonyl (C=O) groups is 1. The summed E-state index contributed by atoms with van der Waals surface area (Å²) in [6.45, 7) is 2.85. The Morgan fingerprint density at radius 3 is 2.77 bits per heavy atom. The number of carbonyl (C=O) groups excluding carboxylic acids is 1. The van der Waals surface area contributed by atoms with Crippen molar-refractivity contribution >= 4 is 5.91 Å².